The molecule has 0 saturated carbocycles. The lowest BCUT2D eigenvalue weighted by Gasteiger charge is -2.27. The van der Waals surface area contributed by atoms with Crippen LogP contribution in [0.3, 0.4) is 0 Å². The van der Waals surface area contributed by atoms with Gasteiger partial charge in [-0.05, 0) is 25.3 Å². The Hall–Kier alpha value is -2.74. The maximum Gasteiger partial charge on any atom is 0.336 e. The van der Waals surface area contributed by atoms with Crippen LogP contribution < -0.4 is 5.43 Å². The van der Waals surface area contributed by atoms with Crippen LogP contribution in [-0.4, -0.2) is 36.4 Å². The van der Waals surface area contributed by atoms with Crippen molar-refractivity contribution < 1.29 is 19.2 Å². The van der Waals surface area contributed by atoms with E-state index >= 15 is 0 Å². The molecule has 2 rings (SSSR count). The van der Waals surface area contributed by atoms with Gasteiger partial charge in [-0.25, -0.2) is 4.79 Å². The molecule has 152 valence electrons. The van der Waals surface area contributed by atoms with Crippen LogP contribution in [0.4, 0.5) is 5.69 Å². The molecule has 0 spiro atoms. The van der Waals surface area contributed by atoms with Crippen LogP contribution in [0.15, 0.2) is 40.6 Å². The summed E-state index contributed by atoms with van der Waals surface area (Å²) in [5.41, 5.74) is 5.20. The minimum Gasteiger partial charge on any atom is -0.460 e. The standard InChI is InChI=1S/C20H27N3O5/c1-4-6-10-27-11-12-28-20(24)18-14(3)21-22-17(5-2)19(18)15-8-7-9-16(13-15)23(25)26/h7-9,13,19,21H,4-6,10-12H2,1-3H3. The number of unbranched alkanes of at least 4 members (excludes halogenated alkanes) is 1. The molecule has 1 atom stereocenters. The molecule has 0 bridgehead atoms. The van der Waals surface area contributed by atoms with Gasteiger partial charge in [0.2, 0.25) is 0 Å². The predicted molar refractivity (Wildman–Crippen MR) is 106 cm³/mol. The zero-order chi connectivity index (χ0) is 20.5. The Morgan fingerprint density at radius 1 is 1.29 bits per heavy atom. The van der Waals surface area contributed by atoms with Crippen molar-refractivity contribution in [2.24, 2.45) is 5.10 Å². The number of benzene rings is 1. The summed E-state index contributed by atoms with van der Waals surface area (Å²) >= 11 is 0. The molecular formula is C20H27N3O5. The second-order valence-corrected chi connectivity index (χ2v) is 6.49. The molecule has 1 aliphatic rings. The van der Waals surface area contributed by atoms with Crippen molar-refractivity contribution in [2.75, 3.05) is 19.8 Å². The number of hydrogen-bond acceptors (Lipinski definition) is 7. The van der Waals surface area contributed by atoms with Crippen molar-refractivity contribution in [3.05, 3.63) is 51.2 Å². The van der Waals surface area contributed by atoms with E-state index in [1.165, 1.54) is 12.1 Å². The topological polar surface area (TPSA) is 103 Å². The molecule has 8 heteroatoms. The van der Waals surface area contributed by atoms with E-state index in [-0.39, 0.29) is 12.3 Å². The van der Waals surface area contributed by atoms with Crippen molar-refractivity contribution in [2.45, 2.75) is 46.0 Å². The molecule has 0 radical (unpaired) electrons. The molecule has 1 unspecified atom stereocenters. The van der Waals surface area contributed by atoms with Gasteiger partial charge in [-0.3, -0.25) is 15.5 Å². The molecule has 1 aliphatic heterocycles. The van der Waals surface area contributed by atoms with Gasteiger partial charge < -0.3 is 9.47 Å². The smallest absolute Gasteiger partial charge is 0.336 e. The van der Waals surface area contributed by atoms with Crippen LogP contribution in [0.1, 0.15) is 51.5 Å². The van der Waals surface area contributed by atoms with E-state index in [2.05, 4.69) is 17.5 Å². The fraction of sp³-hybridized carbons (Fsp3) is 0.500. The first-order valence-electron chi connectivity index (χ1n) is 9.52. The molecule has 1 aromatic rings. The van der Waals surface area contributed by atoms with Crippen LogP contribution in [0.2, 0.25) is 0 Å². The zero-order valence-corrected chi connectivity index (χ0v) is 16.6. The first-order chi connectivity index (χ1) is 13.5. The van der Waals surface area contributed by atoms with E-state index in [1.54, 1.807) is 19.1 Å². The quantitative estimate of drug-likeness (QED) is 0.283. The first kappa shape index (κ1) is 21.6. The molecule has 0 amide bonds. The van der Waals surface area contributed by atoms with Crippen LogP contribution >= 0.6 is 0 Å². The van der Waals surface area contributed by atoms with Gasteiger partial charge in [-0.1, -0.05) is 32.4 Å². The number of rotatable bonds is 10. The SMILES string of the molecule is CCCCOCCOC(=O)C1=C(C)NN=C(CC)C1c1cccc([N+](=O)[O-])c1. The number of nitro benzene ring substituents is 1. The summed E-state index contributed by atoms with van der Waals surface area (Å²) in [7, 11) is 0. The molecule has 1 N–H and O–H groups in total. The van der Waals surface area contributed by atoms with Gasteiger partial charge in [0.25, 0.3) is 5.69 Å². The number of ether oxygens (including phenoxy) is 2. The molecule has 0 saturated heterocycles. The van der Waals surface area contributed by atoms with Crippen molar-refractivity contribution in [3.8, 4) is 0 Å². The van der Waals surface area contributed by atoms with Gasteiger partial charge in [0.1, 0.15) is 6.61 Å². The number of carbonyl (C=O) groups is 1. The molecule has 1 heterocycles. The van der Waals surface area contributed by atoms with Gasteiger partial charge in [-0.2, -0.15) is 5.10 Å². The van der Waals surface area contributed by atoms with Gasteiger partial charge in [0.05, 0.1) is 28.7 Å². The number of nitrogens with zero attached hydrogens (tertiary/aromatic N) is 2. The monoisotopic (exact) mass is 389 g/mol. The van der Waals surface area contributed by atoms with Crippen LogP contribution in [0.5, 0.6) is 0 Å². The highest BCUT2D eigenvalue weighted by molar-refractivity contribution is 6.04. The highest BCUT2D eigenvalue weighted by Crippen LogP contribution is 2.34. The van der Waals surface area contributed by atoms with Crippen molar-refractivity contribution >= 4 is 17.4 Å². The summed E-state index contributed by atoms with van der Waals surface area (Å²) in [6.45, 7) is 6.88. The van der Waals surface area contributed by atoms with E-state index in [0.717, 1.165) is 18.6 Å². The second kappa shape index (κ2) is 10.6. The Labute approximate surface area is 164 Å². The highest BCUT2D eigenvalue weighted by atomic mass is 16.6. The Morgan fingerprint density at radius 2 is 2.07 bits per heavy atom. The molecular weight excluding hydrogens is 362 g/mol. The van der Waals surface area contributed by atoms with Crippen molar-refractivity contribution in [3.63, 3.8) is 0 Å². The van der Waals surface area contributed by atoms with Crippen LogP contribution in [0.25, 0.3) is 0 Å². The number of allylic oxidation sites excluding steroid dienone is 1. The van der Waals surface area contributed by atoms with Crippen molar-refractivity contribution in [1.82, 2.24) is 5.43 Å². The number of non-ortho nitro benzene ring substituents is 1. The molecule has 28 heavy (non-hydrogen) atoms. The number of nitrogens with one attached hydrogen (secondary N) is 1. The van der Waals surface area contributed by atoms with E-state index in [4.69, 9.17) is 9.47 Å². The van der Waals surface area contributed by atoms with Gasteiger partial charge >= 0.3 is 5.97 Å². The fourth-order valence-corrected chi connectivity index (χ4v) is 3.01. The maximum absolute atomic E-state index is 12.8. The minimum absolute atomic E-state index is 0.0267. The Bertz CT molecular complexity index is 773. The van der Waals surface area contributed by atoms with Gasteiger partial charge in [-0.15, -0.1) is 0 Å². The average molecular weight is 389 g/mol. The maximum atomic E-state index is 12.8. The molecule has 8 nitrogen and oxygen atoms in total. The number of esters is 1. The number of nitro groups is 1. The summed E-state index contributed by atoms with van der Waals surface area (Å²) in [6, 6.07) is 6.29. The Balaban J connectivity index is 2.21. The number of hydrogen-bond donors (Lipinski definition) is 1. The van der Waals surface area contributed by atoms with Crippen LogP contribution in [-0.2, 0) is 14.3 Å². The van der Waals surface area contributed by atoms with Crippen LogP contribution in [0, 0.1) is 10.1 Å². The molecule has 0 aliphatic carbocycles. The number of hydrazone groups is 1. The van der Waals surface area contributed by atoms with E-state index in [9.17, 15) is 14.9 Å². The van der Waals surface area contributed by atoms with Gasteiger partial charge in [0.15, 0.2) is 0 Å². The lowest BCUT2D eigenvalue weighted by molar-refractivity contribution is -0.384. The Morgan fingerprint density at radius 3 is 2.75 bits per heavy atom. The summed E-state index contributed by atoms with van der Waals surface area (Å²) in [6.07, 6.45) is 2.60. The summed E-state index contributed by atoms with van der Waals surface area (Å²) in [4.78, 5) is 23.5. The van der Waals surface area contributed by atoms with Gasteiger partial charge in [0, 0.05) is 24.4 Å². The zero-order valence-electron chi connectivity index (χ0n) is 16.6. The first-order valence-corrected chi connectivity index (χ1v) is 9.52. The summed E-state index contributed by atoms with van der Waals surface area (Å²) in [5, 5.41) is 15.5. The number of carbonyl (C=O) groups excluding carboxylic acids is 1. The fourth-order valence-electron chi connectivity index (χ4n) is 3.01. The van der Waals surface area contributed by atoms with E-state index in [0.29, 0.717) is 36.5 Å². The lowest BCUT2D eigenvalue weighted by Crippen LogP contribution is -2.31. The minimum atomic E-state index is -0.486. The lowest BCUT2D eigenvalue weighted by atomic mass is 9.83. The third kappa shape index (κ3) is 5.39. The Kier molecular flexibility index (Phi) is 8.13. The summed E-state index contributed by atoms with van der Waals surface area (Å²) < 4.78 is 10.8. The summed E-state index contributed by atoms with van der Waals surface area (Å²) in [5.74, 6) is -0.957. The largest absolute Gasteiger partial charge is 0.460 e. The predicted octanol–water partition coefficient (Wildman–Crippen LogP) is 3.68. The molecule has 0 fully saturated rings. The highest BCUT2D eigenvalue weighted by Gasteiger charge is 2.33. The molecule has 0 aromatic heterocycles. The second-order valence-electron chi connectivity index (χ2n) is 6.49. The molecule has 1 aromatic carbocycles. The third-order valence-corrected chi connectivity index (χ3v) is 4.49. The average Bonchev–Trinajstić information content (AvgIpc) is 2.70. The normalized spacial score (nSPS) is 16.4. The van der Waals surface area contributed by atoms with E-state index in [1.807, 2.05) is 6.92 Å². The van der Waals surface area contributed by atoms with Crippen molar-refractivity contribution in [1.29, 1.82) is 0 Å². The third-order valence-electron chi connectivity index (χ3n) is 4.49. The van der Waals surface area contributed by atoms with E-state index < -0.39 is 16.8 Å².